The predicted octanol–water partition coefficient (Wildman–Crippen LogP) is 2.70. The number of hydrogen-bond acceptors (Lipinski definition) is 3. The van der Waals surface area contributed by atoms with Crippen LogP contribution in [-0.4, -0.2) is 6.54 Å². The minimum Gasteiger partial charge on any atom is -0.472 e. The first-order valence-corrected chi connectivity index (χ1v) is 5.35. The maximum absolute atomic E-state index is 5.75. The Bertz CT molecular complexity index is 437. The summed E-state index contributed by atoms with van der Waals surface area (Å²) >= 11 is 0. The van der Waals surface area contributed by atoms with E-state index in [4.69, 9.17) is 10.2 Å². The molecule has 1 atom stereocenters. The maximum atomic E-state index is 5.75. The molecule has 0 saturated carbocycles. The molecule has 16 heavy (non-hydrogen) atoms. The molecule has 84 valence electrons. The van der Waals surface area contributed by atoms with Crippen LogP contribution in [0.5, 0.6) is 0 Å². The number of benzene rings is 1. The van der Waals surface area contributed by atoms with Crippen molar-refractivity contribution in [2.45, 2.75) is 13.0 Å². The van der Waals surface area contributed by atoms with Crippen molar-refractivity contribution in [3.8, 4) is 0 Å². The van der Waals surface area contributed by atoms with Gasteiger partial charge in [-0.15, -0.1) is 0 Å². The van der Waals surface area contributed by atoms with E-state index in [1.807, 2.05) is 18.2 Å². The largest absolute Gasteiger partial charge is 0.472 e. The molecule has 0 aliphatic heterocycles. The molecule has 0 aliphatic rings. The molecule has 1 heterocycles. The van der Waals surface area contributed by atoms with Crippen molar-refractivity contribution >= 4 is 5.69 Å². The second-order valence-corrected chi connectivity index (χ2v) is 3.86. The van der Waals surface area contributed by atoms with Crippen molar-refractivity contribution in [1.82, 2.24) is 0 Å². The Kier molecular flexibility index (Phi) is 3.27. The number of nitrogens with two attached hydrogens (primary N) is 1. The zero-order valence-electron chi connectivity index (χ0n) is 9.31. The molecule has 3 N–H and O–H groups in total. The molecule has 0 amide bonds. The SMILES string of the molecule is Cc1cccc(NC(CN)c2ccoc2)c1. The fraction of sp³-hybridized carbons (Fsp3) is 0.231. The van der Waals surface area contributed by atoms with E-state index in [9.17, 15) is 0 Å². The monoisotopic (exact) mass is 216 g/mol. The number of anilines is 1. The number of nitrogens with one attached hydrogen (secondary N) is 1. The summed E-state index contributed by atoms with van der Waals surface area (Å²) in [5.41, 5.74) is 9.13. The molecule has 0 fully saturated rings. The summed E-state index contributed by atoms with van der Waals surface area (Å²) in [6, 6.07) is 10.3. The van der Waals surface area contributed by atoms with E-state index in [2.05, 4.69) is 24.4 Å². The van der Waals surface area contributed by atoms with Crippen LogP contribution in [-0.2, 0) is 0 Å². The molecule has 1 aromatic carbocycles. The van der Waals surface area contributed by atoms with Crippen LogP contribution in [0.25, 0.3) is 0 Å². The molecule has 0 bridgehead atoms. The molecular formula is C13H16N2O. The van der Waals surface area contributed by atoms with Gasteiger partial charge in [-0.05, 0) is 30.7 Å². The van der Waals surface area contributed by atoms with Crippen LogP contribution in [0.1, 0.15) is 17.2 Å². The Morgan fingerprint density at radius 2 is 2.25 bits per heavy atom. The molecule has 0 radical (unpaired) electrons. The summed E-state index contributed by atoms with van der Waals surface area (Å²) in [6.45, 7) is 2.61. The van der Waals surface area contributed by atoms with Crippen LogP contribution in [0.4, 0.5) is 5.69 Å². The molecule has 2 aromatic rings. The second-order valence-electron chi connectivity index (χ2n) is 3.86. The highest BCUT2D eigenvalue weighted by atomic mass is 16.3. The minimum atomic E-state index is 0.0977. The van der Waals surface area contributed by atoms with Gasteiger partial charge in [0.1, 0.15) is 0 Å². The highest BCUT2D eigenvalue weighted by molar-refractivity contribution is 5.47. The Morgan fingerprint density at radius 1 is 1.38 bits per heavy atom. The van der Waals surface area contributed by atoms with Crippen LogP contribution in [0.2, 0.25) is 0 Å². The molecule has 1 unspecified atom stereocenters. The summed E-state index contributed by atoms with van der Waals surface area (Å²) < 4.78 is 5.06. The van der Waals surface area contributed by atoms with Gasteiger partial charge in [0.05, 0.1) is 18.6 Å². The lowest BCUT2D eigenvalue weighted by atomic mass is 10.1. The van der Waals surface area contributed by atoms with E-state index >= 15 is 0 Å². The average Bonchev–Trinajstić information content (AvgIpc) is 2.79. The van der Waals surface area contributed by atoms with Gasteiger partial charge in [0.2, 0.25) is 0 Å². The van der Waals surface area contributed by atoms with Gasteiger partial charge in [-0.25, -0.2) is 0 Å². The highest BCUT2D eigenvalue weighted by Crippen LogP contribution is 2.19. The zero-order chi connectivity index (χ0) is 11.4. The Morgan fingerprint density at radius 3 is 2.88 bits per heavy atom. The van der Waals surface area contributed by atoms with Crippen molar-refractivity contribution < 1.29 is 4.42 Å². The molecule has 3 nitrogen and oxygen atoms in total. The van der Waals surface area contributed by atoms with E-state index < -0.39 is 0 Å². The fourth-order valence-electron chi connectivity index (χ4n) is 1.69. The summed E-state index contributed by atoms with van der Waals surface area (Å²) in [5, 5.41) is 3.39. The molecule has 0 spiro atoms. The standard InChI is InChI=1S/C13H16N2O/c1-10-3-2-4-12(7-10)15-13(8-14)11-5-6-16-9-11/h2-7,9,13,15H,8,14H2,1H3. The smallest absolute Gasteiger partial charge is 0.0955 e. The molecule has 3 heteroatoms. The molecular weight excluding hydrogens is 200 g/mol. The Labute approximate surface area is 95.3 Å². The summed E-state index contributed by atoms with van der Waals surface area (Å²) in [6.07, 6.45) is 3.39. The summed E-state index contributed by atoms with van der Waals surface area (Å²) in [7, 11) is 0. The molecule has 0 aliphatic carbocycles. The van der Waals surface area contributed by atoms with Gasteiger partial charge < -0.3 is 15.5 Å². The van der Waals surface area contributed by atoms with Crippen LogP contribution < -0.4 is 11.1 Å². The normalized spacial score (nSPS) is 12.4. The van der Waals surface area contributed by atoms with Gasteiger partial charge in [0.25, 0.3) is 0 Å². The summed E-state index contributed by atoms with van der Waals surface area (Å²) in [4.78, 5) is 0. The number of aryl methyl sites for hydroxylation is 1. The summed E-state index contributed by atoms with van der Waals surface area (Å²) in [5.74, 6) is 0. The van der Waals surface area contributed by atoms with Gasteiger partial charge in [-0.2, -0.15) is 0 Å². The number of hydrogen-bond donors (Lipinski definition) is 2. The average molecular weight is 216 g/mol. The third-order valence-corrected chi connectivity index (χ3v) is 2.54. The quantitative estimate of drug-likeness (QED) is 0.826. The Balaban J connectivity index is 2.13. The van der Waals surface area contributed by atoms with Gasteiger partial charge in [0.15, 0.2) is 0 Å². The van der Waals surface area contributed by atoms with Crippen molar-refractivity contribution in [2.24, 2.45) is 5.73 Å². The number of furan rings is 1. The first-order valence-electron chi connectivity index (χ1n) is 5.35. The van der Waals surface area contributed by atoms with E-state index in [-0.39, 0.29) is 6.04 Å². The third kappa shape index (κ3) is 2.44. The van der Waals surface area contributed by atoms with Crippen LogP contribution in [0.3, 0.4) is 0 Å². The number of rotatable bonds is 4. The van der Waals surface area contributed by atoms with Gasteiger partial charge in [-0.1, -0.05) is 12.1 Å². The van der Waals surface area contributed by atoms with E-state index in [0.717, 1.165) is 11.3 Å². The van der Waals surface area contributed by atoms with Crippen LogP contribution in [0.15, 0.2) is 47.3 Å². The first-order chi connectivity index (χ1) is 7.79. The third-order valence-electron chi connectivity index (χ3n) is 2.54. The maximum Gasteiger partial charge on any atom is 0.0955 e. The predicted molar refractivity (Wildman–Crippen MR) is 65.3 cm³/mol. The lowest BCUT2D eigenvalue weighted by molar-refractivity contribution is 0.561. The van der Waals surface area contributed by atoms with Crippen molar-refractivity contribution in [3.05, 3.63) is 54.0 Å². The van der Waals surface area contributed by atoms with Gasteiger partial charge in [-0.3, -0.25) is 0 Å². The Hall–Kier alpha value is -1.74. The molecule has 1 aromatic heterocycles. The minimum absolute atomic E-state index is 0.0977. The molecule has 0 saturated heterocycles. The van der Waals surface area contributed by atoms with Crippen LogP contribution in [0, 0.1) is 6.92 Å². The van der Waals surface area contributed by atoms with Gasteiger partial charge >= 0.3 is 0 Å². The lowest BCUT2D eigenvalue weighted by Crippen LogP contribution is -2.20. The fourth-order valence-corrected chi connectivity index (χ4v) is 1.69. The highest BCUT2D eigenvalue weighted by Gasteiger charge is 2.10. The molecule has 2 rings (SSSR count). The zero-order valence-corrected chi connectivity index (χ0v) is 9.31. The van der Waals surface area contributed by atoms with E-state index in [1.54, 1.807) is 12.5 Å². The van der Waals surface area contributed by atoms with Gasteiger partial charge in [0, 0.05) is 17.8 Å². The second kappa shape index (κ2) is 4.86. The first kappa shape index (κ1) is 10.8. The van der Waals surface area contributed by atoms with E-state index in [0.29, 0.717) is 6.54 Å². The lowest BCUT2D eigenvalue weighted by Gasteiger charge is -2.16. The van der Waals surface area contributed by atoms with E-state index in [1.165, 1.54) is 5.56 Å². The topological polar surface area (TPSA) is 51.2 Å². The van der Waals surface area contributed by atoms with Crippen LogP contribution >= 0.6 is 0 Å². The van der Waals surface area contributed by atoms with Crippen molar-refractivity contribution in [2.75, 3.05) is 11.9 Å². The van der Waals surface area contributed by atoms with Crippen molar-refractivity contribution in [3.63, 3.8) is 0 Å². The van der Waals surface area contributed by atoms with Crippen molar-refractivity contribution in [1.29, 1.82) is 0 Å².